The lowest BCUT2D eigenvalue weighted by Gasteiger charge is -2.37. The third kappa shape index (κ3) is 2.39. The van der Waals surface area contributed by atoms with Crippen molar-refractivity contribution < 1.29 is 14.7 Å². The zero-order chi connectivity index (χ0) is 14.1. The lowest BCUT2D eigenvalue weighted by atomic mass is 9.92. The molecule has 2 heterocycles. The van der Waals surface area contributed by atoms with E-state index < -0.39 is 5.97 Å². The topological polar surface area (TPSA) is 88.3 Å². The summed E-state index contributed by atoms with van der Waals surface area (Å²) in [6, 6.07) is 0.334. The van der Waals surface area contributed by atoms with E-state index >= 15 is 0 Å². The Morgan fingerprint density at radius 2 is 2.10 bits per heavy atom. The number of carbonyl (C=O) groups is 2. The van der Waals surface area contributed by atoms with Gasteiger partial charge in [-0.3, -0.25) is 9.59 Å². The van der Waals surface area contributed by atoms with Gasteiger partial charge in [0.05, 0.1) is 6.20 Å². The van der Waals surface area contributed by atoms with Gasteiger partial charge in [0.15, 0.2) is 5.69 Å². The number of carboxylic acid groups (broad SMARTS) is 1. The van der Waals surface area contributed by atoms with Crippen molar-refractivity contribution in [3.63, 3.8) is 0 Å². The first kappa shape index (κ1) is 13.1. The van der Waals surface area contributed by atoms with Gasteiger partial charge < -0.3 is 10.0 Å². The van der Waals surface area contributed by atoms with Gasteiger partial charge in [0.2, 0.25) is 0 Å². The van der Waals surface area contributed by atoms with Crippen LogP contribution >= 0.6 is 0 Å². The van der Waals surface area contributed by atoms with Crippen molar-refractivity contribution >= 4 is 11.9 Å². The van der Waals surface area contributed by atoms with Gasteiger partial charge in [0.1, 0.15) is 6.54 Å². The molecule has 7 heteroatoms. The molecule has 1 aromatic heterocycles. The third-order valence-electron chi connectivity index (χ3n) is 4.31. The number of rotatable bonds is 3. The van der Waals surface area contributed by atoms with Crippen LogP contribution < -0.4 is 0 Å². The van der Waals surface area contributed by atoms with Gasteiger partial charge in [-0.1, -0.05) is 11.6 Å². The van der Waals surface area contributed by atoms with Crippen LogP contribution in [0.5, 0.6) is 0 Å². The molecule has 1 amide bonds. The lowest BCUT2D eigenvalue weighted by molar-refractivity contribution is -0.137. The molecule has 0 aromatic carbocycles. The van der Waals surface area contributed by atoms with Crippen molar-refractivity contribution in [2.45, 2.75) is 44.7 Å². The molecule has 1 saturated heterocycles. The van der Waals surface area contributed by atoms with Gasteiger partial charge >= 0.3 is 5.97 Å². The average molecular weight is 278 g/mol. The molecular formula is C13H18N4O3. The Kier molecular flexibility index (Phi) is 3.42. The molecule has 0 bridgehead atoms. The minimum Gasteiger partial charge on any atom is -0.480 e. The van der Waals surface area contributed by atoms with Crippen LogP contribution in [0.3, 0.4) is 0 Å². The molecule has 108 valence electrons. The van der Waals surface area contributed by atoms with Crippen molar-refractivity contribution in [1.29, 1.82) is 0 Å². The molecule has 3 rings (SSSR count). The third-order valence-corrected chi connectivity index (χ3v) is 4.31. The van der Waals surface area contributed by atoms with Crippen LogP contribution in [0.1, 0.15) is 42.6 Å². The van der Waals surface area contributed by atoms with Gasteiger partial charge in [-0.05, 0) is 31.6 Å². The van der Waals surface area contributed by atoms with Gasteiger partial charge in [-0.25, -0.2) is 4.68 Å². The highest BCUT2D eigenvalue weighted by molar-refractivity contribution is 5.92. The summed E-state index contributed by atoms with van der Waals surface area (Å²) in [6.07, 6.45) is 7.13. The zero-order valence-corrected chi connectivity index (χ0v) is 11.2. The van der Waals surface area contributed by atoms with Crippen LogP contribution in [-0.2, 0) is 11.3 Å². The maximum atomic E-state index is 12.5. The van der Waals surface area contributed by atoms with Crippen LogP contribution in [0, 0.1) is 5.92 Å². The first-order valence-corrected chi connectivity index (χ1v) is 7.08. The number of likely N-dealkylation sites (tertiary alicyclic amines) is 1. The van der Waals surface area contributed by atoms with Crippen LogP contribution in [0.2, 0.25) is 0 Å². The van der Waals surface area contributed by atoms with Crippen LogP contribution in [0.15, 0.2) is 6.20 Å². The fraction of sp³-hybridized carbons (Fsp3) is 0.692. The zero-order valence-electron chi connectivity index (χ0n) is 11.2. The Balaban J connectivity index is 1.74. The standard InChI is InChI=1S/C13H18N4O3/c18-12(19)8-16-7-10(14-15-16)13(20)17-6-2-4-9-3-1-5-11(9)17/h7,9,11H,1-6,8H2,(H,18,19). The van der Waals surface area contributed by atoms with E-state index in [1.165, 1.54) is 30.1 Å². The summed E-state index contributed by atoms with van der Waals surface area (Å²) < 4.78 is 1.19. The van der Waals surface area contributed by atoms with E-state index in [9.17, 15) is 9.59 Å². The van der Waals surface area contributed by atoms with Gasteiger partial charge in [-0.2, -0.15) is 0 Å². The molecule has 20 heavy (non-hydrogen) atoms. The van der Waals surface area contributed by atoms with Crippen molar-refractivity contribution in [2.24, 2.45) is 5.92 Å². The van der Waals surface area contributed by atoms with E-state index in [0.717, 1.165) is 19.4 Å². The Labute approximate surface area is 116 Å². The number of hydrogen-bond acceptors (Lipinski definition) is 4. The summed E-state index contributed by atoms with van der Waals surface area (Å²) in [6.45, 7) is 0.498. The summed E-state index contributed by atoms with van der Waals surface area (Å²) in [4.78, 5) is 25.0. The Morgan fingerprint density at radius 1 is 1.30 bits per heavy atom. The molecule has 1 saturated carbocycles. The molecule has 1 aromatic rings. The van der Waals surface area contributed by atoms with E-state index in [2.05, 4.69) is 10.3 Å². The Morgan fingerprint density at radius 3 is 2.90 bits per heavy atom. The summed E-state index contributed by atoms with van der Waals surface area (Å²) in [7, 11) is 0. The minimum atomic E-state index is -0.997. The normalized spacial score (nSPS) is 25.5. The molecule has 2 unspecified atom stereocenters. The molecule has 1 N–H and O–H groups in total. The molecule has 1 aliphatic carbocycles. The van der Waals surface area contributed by atoms with Gasteiger partial charge in [0.25, 0.3) is 5.91 Å². The van der Waals surface area contributed by atoms with Gasteiger partial charge in [-0.15, -0.1) is 5.10 Å². The minimum absolute atomic E-state index is 0.113. The summed E-state index contributed by atoms with van der Waals surface area (Å²) >= 11 is 0. The number of hydrogen-bond donors (Lipinski definition) is 1. The van der Waals surface area contributed by atoms with Crippen molar-refractivity contribution in [1.82, 2.24) is 19.9 Å². The predicted molar refractivity (Wildman–Crippen MR) is 69.1 cm³/mol. The monoisotopic (exact) mass is 278 g/mol. The summed E-state index contributed by atoms with van der Waals surface area (Å²) in [5.74, 6) is -0.484. The second kappa shape index (κ2) is 5.22. The Hall–Kier alpha value is -1.92. The lowest BCUT2D eigenvalue weighted by Crippen LogP contribution is -2.46. The van der Waals surface area contributed by atoms with Crippen LogP contribution in [0.4, 0.5) is 0 Å². The van der Waals surface area contributed by atoms with Crippen molar-refractivity contribution in [2.75, 3.05) is 6.54 Å². The molecule has 2 aliphatic rings. The van der Waals surface area contributed by atoms with E-state index in [1.54, 1.807) is 0 Å². The van der Waals surface area contributed by atoms with E-state index in [0.29, 0.717) is 12.0 Å². The second-order valence-corrected chi connectivity index (χ2v) is 5.59. The number of amides is 1. The van der Waals surface area contributed by atoms with Crippen LogP contribution in [-0.4, -0.2) is 49.5 Å². The molecule has 7 nitrogen and oxygen atoms in total. The second-order valence-electron chi connectivity index (χ2n) is 5.59. The average Bonchev–Trinajstić information content (AvgIpc) is 3.05. The quantitative estimate of drug-likeness (QED) is 0.882. The number of aliphatic carboxylic acids is 1. The predicted octanol–water partition coefficient (Wildman–Crippen LogP) is 0.767. The number of piperidine rings is 1. The van der Waals surface area contributed by atoms with E-state index in [1.807, 2.05) is 4.90 Å². The molecule has 2 fully saturated rings. The number of aromatic nitrogens is 3. The molecule has 0 radical (unpaired) electrons. The smallest absolute Gasteiger partial charge is 0.325 e. The van der Waals surface area contributed by atoms with Crippen LogP contribution in [0.25, 0.3) is 0 Å². The van der Waals surface area contributed by atoms with Crippen molar-refractivity contribution in [3.05, 3.63) is 11.9 Å². The maximum Gasteiger partial charge on any atom is 0.325 e. The first-order chi connectivity index (χ1) is 9.65. The maximum absolute atomic E-state index is 12.5. The van der Waals surface area contributed by atoms with E-state index in [-0.39, 0.29) is 18.1 Å². The SMILES string of the molecule is O=C(O)Cn1cc(C(=O)N2CCCC3CCCC32)nn1. The summed E-state index contributed by atoms with van der Waals surface area (Å²) in [5, 5.41) is 16.2. The summed E-state index contributed by atoms with van der Waals surface area (Å²) in [5.41, 5.74) is 0.249. The fourth-order valence-corrected chi connectivity index (χ4v) is 3.47. The van der Waals surface area contributed by atoms with Crippen molar-refractivity contribution in [3.8, 4) is 0 Å². The molecule has 2 atom stereocenters. The number of fused-ring (bicyclic) bond motifs is 1. The molecular weight excluding hydrogens is 260 g/mol. The fourth-order valence-electron chi connectivity index (χ4n) is 3.47. The number of carboxylic acids is 1. The van der Waals surface area contributed by atoms with E-state index in [4.69, 9.17) is 5.11 Å². The van der Waals surface area contributed by atoms with Gasteiger partial charge in [0, 0.05) is 12.6 Å². The first-order valence-electron chi connectivity index (χ1n) is 7.08. The highest BCUT2D eigenvalue weighted by Gasteiger charge is 2.38. The molecule has 1 aliphatic heterocycles. The highest BCUT2D eigenvalue weighted by Crippen LogP contribution is 2.37. The number of carbonyl (C=O) groups excluding carboxylic acids is 1. The highest BCUT2D eigenvalue weighted by atomic mass is 16.4. The Bertz CT molecular complexity index is 527. The molecule has 0 spiro atoms. The number of nitrogens with zero attached hydrogens (tertiary/aromatic N) is 4. The largest absolute Gasteiger partial charge is 0.480 e.